The fourth-order valence-corrected chi connectivity index (χ4v) is 19.0. The minimum absolute atomic E-state index is 0.0719. The van der Waals surface area contributed by atoms with Gasteiger partial charge in [0.2, 0.25) is 0 Å². The molecule has 0 saturated heterocycles. The average Bonchev–Trinajstić information content (AvgIpc) is 0.771. The maximum absolute atomic E-state index is 5.24. The molecule has 16 rings (SSSR count). The van der Waals surface area contributed by atoms with Crippen LogP contribution in [0.15, 0.2) is 219 Å². The molecule has 0 saturated carbocycles. The van der Waals surface area contributed by atoms with Gasteiger partial charge in [0.1, 0.15) is 0 Å². The van der Waals surface area contributed by atoms with E-state index in [1.807, 2.05) is 0 Å². The van der Waals surface area contributed by atoms with Gasteiger partial charge in [0, 0.05) is 80.6 Å². The number of anilines is 6. The van der Waals surface area contributed by atoms with Crippen LogP contribution in [0.4, 0.5) is 34.1 Å². The molecule has 8 heteroatoms. The molecule has 0 amide bonds. The summed E-state index contributed by atoms with van der Waals surface area (Å²) in [5, 5.41) is 5.56. The summed E-state index contributed by atoms with van der Waals surface area (Å²) in [6.07, 6.45) is 13.0. The van der Waals surface area contributed by atoms with Crippen molar-refractivity contribution in [2.45, 2.75) is 142 Å². The third kappa shape index (κ3) is 9.50. The molecule has 0 spiro atoms. The van der Waals surface area contributed by atoms with Gasteiger partial charge in [-0.2, -0.15) is 0 Å². The summed E-state index contributed by atoms with van der Waals surface area (Å²) in [5.74, 6) is 0. The van der Waals surface area contributed by atoms with Gasteiger partial charge >= 0.3 is 0 Å². The molecule has 466 valence electrons. The smallest absolute Gasteiger partial charge is 0.252 e. The lowest BCUT2D eigenvalue weighted by atomic mass is 9.32. The third-order valence-electron chi connectivity index (χ3n) is 22.4. The highest BCUT2D eigenvalue weighted by atomic mass is 28.3. The van der Waals surface area contributed by atoms with Gasteiger partial charge < -0.3 is 14.4 Å². The molecule has 5 nitrogen and oxygen atoms in total. The Labute approximate surface area is 559 Å². The summed E-state index contributed by atoms with van der Waals surface area (Å²) in [7, 11) is -3.54. The van der Waals surface area contributed by atoms with Crippen molar-refractivity contribution in [1.29, 1.82) is 0 Å². The highest BCUT2D eigenvalue weighted by Gasteiger charge is 2.50. The molecule has 94 heavy (non-hydrogen) atoms. The van der Waals surface area contributed by atoms with Crippen LogP contribution in [0.1, 0.15) is 103 Å². The summed E-state index contributed by atoms with van der Waals surface area (Å²) in [6, 6.07) is 75.2. The van der Waals surface area contributed by atoms with Gasteiger partial charge in [0.15, 0.2) is 0 Å². The molecule has 0 fully saturated rings. The Morgan fingerprint density at radius 3 is 0.968 bits per heavy atom. The SMILES string of the molecule is CC1(C)CCC(C)(C)c2cc3c(cc21)B1c2cc4c(cc2N(c2c(-c5ccccc5)cncc2-c2ccccc2)c2cc(-n5c6ccc([Si](C)(C)C)cc6c6cc([Si](C)(C)C)ccc65)cc(c21)N3c1c(-c2ccccc2)cncc1-c1ccccc1)C(C)(C)CCC4(C)C. The van der Waals surface area contributed by atoms with E-state index in [0.29, 0.717) is 0 Å². The average molecular weight is 1260 g/mol. The first-order chi connectivity index (χ1) is 44.9. The van der Waals surface area contributed by atoms with Gasteiger partial charge in [-0.15, -0.1) is 0 Å². The summed E-state index contributed by atoms with van der Waals surface area (Å²) < 4.78 is 2.64. The zero-order valence-corrected chi connectivity index (χ0v) is 59.4. The summed E-state index contributed by atoms with van der Waals surface area (Å²) in [6.45, 7) is 34.8. The Hall–Kier alpha value is -8.82. The number of hydrogen-bond acceptors (Lipinski definition) is 4. The lowest BCUT2D eigenvalue weighted by Gasteiger charge is -2.49. The molecule has 0 atom stereocenters. The van der Waals surface area contributed by atoms with Crippen molar-refractivity contribution in [2.24, 2.45) is 0 Å². The second-order valence-electron chi connectivity index (χ2n) is 32.4. The highest BCUT2D eigenvalue weighted by molar-refractivity contribution is 7.00. The number of nitrogens with zero attached hydrogens (tertiary/aromatic N) is 5. The maximum Gasteiger partial charge on any atom is 0.252 e. The van der Waals surface area contributed by atoms with Crippen molar-refractivity contribution in [3.8, 4) is 50.2 Å². The quantitative estimate of drug-likeness (QED) is 0.135. The molecule has 0 bridgehead atoms. The number of hydrogen-bond donors (Lipinski definition) is 0. The van der Waals surface area contributed by atoms with E-state index in [2.05, 4.69) is 328 Å². The van der Waals surface area contributed by atoms with Crippen LogP contribution in [0.25, 0.3) is 72.0 Å². The Balaban J connectivity index is 1.15. The molecule has 0 unspecified atom stereocenters. The monoisotopic (exact) mass is 1260 g/mol. The topological polar surface area (TPSA) is 37.2 Å². The second-order valence-corrected chi connectivity index (χ2v) is 42.5. The molecule has 2 aliphatic heterocycles. The first-order valence-corrected chi connectivity index (χ1v) is 41.3. The van der Waals surface area contributed by atoms with Gasteiger partial charge in [-0.05, 0) is 145 Å². The molecule has 2 aliphatic carbocycles. The van der Waals surface area contributed by atoms with Crippen molar-refractivity contribution >= 4 is 106 Å². The Bertz CT molecular complexity index is 4630. The van der Waals surface area contributed by atoms with Crippen LogP contribution in [0.3, 0.4) is 0 Å². The van der Waals surface area contributed by atoms with E-state index in [-0.39, 0.29) is 28.4 Å². The Kier molecular flexibility index (Phi) is 13.7. The van der Waals surface area contributed by atoms with Crippen LogP contribution in [-0.2, 0) is 21.7 Å². The van der Waals surface area contributed by atoms with Gasteiger partial charge in [0.05, 0.1) is 44.2 Å². The molecular weight excluding hydrogens is 1170 g/mol. The van der Waals surface area contributed by atoms with Crippen molar-refractivity contribution in [2.75, 3.05) is 9.80 Å². The van der Waals surface area contributed by atoms with E-state index in [1.54, 1.807) is 0 Å². The van der Waals surface area contributed by atoms with Gasteiger partial charge in [-0.25, -0.2) is 0 Å². The zero-order chi connectivity index (χ0) is 65.2. The van der Waals surface area contributed by atoms with Crippen LogP contribution < -0.4 is 36.6 Å². The lowest BCUT2D eigenvalue weighted by Crippen LogP contribution is -2.62. The van der Waals surface area contributed by atoms with Crippen LogP contribution in [0, 0.1) is 0 Å². The zero-order valence-electron chi connectivity index (χ0n) is 57.4. The van der Waals surface area contributed by atoms with Crippen LogP contribution >= 0.6 is 0 Å². The van der Waals surface area contributed by atoms with E-state index in [1.165, 1.54) is 82.2 Å². The standard InChI is InChI=1S/C86H86BN5Si2/c1-83(2)39-41-85(5,6)70-49-76-72(47-68(70)83)87-73-48-69-71(86(7,8)42-40-84(69,3)4)50-77(73)92(82-66(57-31-23-17-24-32-57)53-89-54-67(82)58-33-25-18-26-34-58)79-44-59(90-74-37-35-60(93(9,10)11)45-62(74)63-46-61(94(12,13)14)36-38-75(63)90)43-78(80(79)87)91(76)81-64(55-27-19-15-20-28-55)51-88-52-65(81)56-29-21-16-22-30-56/h15-38,43-54H,39-42H2,1-14H3. The Morgan fingerprint density at radius 1 is 0.351 bits per heavy atom. The van der Waals surface area contributed by atoms with Gasteiger partial charge in [-0.3, -0.25) is 9.97 Å². The summed E-state index contributed by atoms with van der Waals surface area (Å²) in [5.41, 5.74) is 28.8. The highest BCUT2D eigenvalue weighted by Crippen LogP contribution is 2.57. The fraction of sp³-hybridized carbons (Fsp3) is 0.256. The van der Waals surface area contributed by atoms with Crippen molar-refractivity contribution < 1.29 is 0 Å². The number of pyridine rings is 2. The van der Waals surface area contributed by atoms with Gasteiger partial charge in [-0.1, -0.05) is 263 Å². The molecule has 9 aromatic carbocycles. The van der Waals surface area contributed by atoms with E-state index in [9.17, 15) is 0 Å². The molecule has 5 heterocycles. The van der Waals surface area contributed by atoms with Gasteiger partial charge in [0.25, 0.3) is 6.71 Å². The molecular formula is C86H86BN5Si2. The van der Waals surface area contributed by atoms with E-state index in [0.717, 1.165) is 98.6 Å². The first kappa shape index (κ1) is 60.1. The van der Waals surface area contributed by atoms with Crippen LogP contribution in [-0.4, -0.2) is 37.4 Å². The molecule has 3 aromatic heterocycles. The number of fused-ring (bicyclic) bond motifs is 9. The summed E-state index contributed by atoms with van der Waals surface area (Å²) in [4.78, 5) is 16.0. The van der Waals surface area contributed by atoms with E-state index >= 15 is 0 Å². The Morgan fingerprint density at radius 2 is 0.660 bits per heavy atom. The van der Waals surface area contributed by atoms with Crippen LogP contribution in [0.5, 0.6) is 0 Å². The van der Waals surface area contributed by atoms with Crippen molar-refractivity contribution in [3.63, 3.8) is 0 Å². The fourth-order valence-electron chi connectivity index (χ4n) is 16.7. The second kappa shape index (κ2) is 21.3. The van der Waals surface area contributed by atoms with Crippen LogP contribution in [0.2, 0.25) is 39.3 Å². The lowest BCUT2D eigenvalue weighted by molar-refractivity contribution is 0.332. The maximum atomic E-state index is 5.24. The molecule has 0 radical (unpaired) electrons. The van der Waals surface area contributed by atoms with E-state index in [4.69, 9.17) is 9.97 Å². The third-order valence-corrected chi connectivity index (χ3v) is 26.5. The van der Waals surface area contributed by atoms with Crippen molar-refractivity contribution in [1.82, 2.24) is 14.5 Å². The normalized spacial score (nSPS) is 16.5. The molecule has 4 aliphatic rings. The summed E-state index contributed by atoms with van der Waals surface area (Å²) >= 11 is 0. The predicted molar refractivity (Wildman–Crippen MR) is 409 cm³/mol. The minimum Gasteiger partial charge on any atom is -0.310 e. The van der Waals surface area contributed by atoms with Crippen molar-refractivity contribution in [3.05, 3.63) is 241 Å². The van der Waals surface area contributed by atoms with E-state index < -0.39 is 16.1 Å². The largest absolute Gasteiger partial charge is 0.310 e. The minimum atomic E-state index is -1.77. The number of aromatic nitrogens is 3. The first-order valence-electron chi connectivity index (χ1n) is 34.3. The number of benzene rings is 9. The predicted octanol–water partition coefficient (Wildman–Crippen LogP) is 20.1. The molecule has 12 aromatic rings. The number of rotatable bonds is 9. The molecule has 0 N–H and O–H groups in total.